The average Bonchev–Trinajstić information content (AvgIpc) is 3.31. The van der Waals surface area contributed by atoms with Crippen LogP contribution in [0.5, 0.6) is 0 Å². The Morgan fingerprint density at radius 1 is 1.15 bits per heavy atom. The lowest BCUT2D eigenvalue weighted by Crippen LogP contribution is -2.37. The fraction of sp³-hybridized carbons (Fsp3) is 0.375. The van der Waals surface area contributed by atoms with Crippen molar-refractivity contribution in [2.45, 2.75) is 39.4 Å². The van der Waals surface area contributed by atoms with E-state index in [1.165, 1.54) is 34.6 Å². The van der Waals surface area contributed by atoms with Crippen LogP contribution in [0.25, 0.3) is 0 Å². The lowest BCUT2D eigenvalue weighted by molar-refractivity contribution is 0.213. The molecular weight excluding hydrogens is 396 g/mol. The van der Waals surface area contributed by atoms with Crippen LogP contribution in [-0.4, -0.2) is 45.4 Å². The van der Waals surface area contributed by atoms with Gasteiger partial charge < -0.3 is 10.8 Å². The fourth-order valence-electron chi connectivity index (χ4n) is 2.97. The number of rotatable bonds is 6. The SMILES string of the molecule is NCc1ccc(S(=O)(=O)c2cccc(S(=O)(=O)N3CCCC3CO)c2)s1. The zero-order valence-corrected chi connectivity index (χ0v) is 16.4. The van der Waals surface area contributed by atoms with Crippen molar-refractivity contribution in [3.63, 3.8) is 0 Å². The molecule has 0 bridgehead atoms. The van der Waals surface area contributed by atoms with E-state index >= 15 is 0 Å². The van der Waals surface area contributed by atoms with E-state index < -0.39 is 25.9 Å². The minimum atomic E-state index is -3.87. The Labute approximate surface area is 157 Å². The Morgan fingerprint density at radius 3 is 2.54 bits per heavy atom. The van der Waals surface area contributed by atoms with Gasteiger partial charge in [-0.15, -0.1) is 11.3 Å². The highest BCUT2D eigenvalue weighted by Gasteiger charge is 2.35. The van der Waals surface area contributed by atoms with Crippen molar-refractivity contribution in [2.24, 2.45) is 5.73 Å². The standard InChI is InChI=1S/C16H20N2O5S3/c17-10-13-6-7-16(24-13)25(20,21)14-4-1-5-15(9-14)26(22,23)18-8-2-3-12(18)11-19/h1,4-7,9,12,19H,2-3,8,10-11,17H2. The van der Waals surface area contributed by atoms with Crippen molar-refractivity contribution in [1.82, 2.24) is 4.31 Å². The summed E-state index contributed by atoms with van der Waals surface area (Å²) >= 11 is 1.07. The quantitative estimate of drug-likeness (QED) is 0.730. The first-order valence-electron chi connectivity index (χ1n) is 8.07. The first-order valence-corrected chi connectivity index (χ1v) is 11.8. The maximum absolute atomic E-state index is 12.9. The number of hydrogen-bond donors (Lipinski definition) is 2. The maximum atomic E-state index is 12.9. The molecule has 1 saturated heterocycles. The van der Waals surface area contributed by atoms with E-state index in [0.29, 0.717) is 19.4 Å². The van der Waals surface area contributed by atoms with Crippen molar-refractivity contribution in [1.29, 1.82) is 0 Å². The van der Waals surface area contributed by atoms with Crippen molar-refractivity contribution in [3.05, 3.63) is 41.3 Å². The van der Waals surface area contributed by atoms with Crippen LogP contribution >= 0.6 is 11.3 Å². The van der Waals surface area contributed by atoms with Gasteiger partial charge in [0.2, 0.25) is 19.9 Å². The van der Waals surface area contributed by atoms with Gasteiger partial charge in [-0.1, -0.05) is 6.07 Å². The summed E-state index contributed by atoms with van der Waals surface area (Å²) in [6.45, 7) is 0.301. The number of nitrogens with zero attached hydrogens (tertiary/aromatic N) is 1. The van der Waals surface area contributed by atoms with Gasteiger partial charge in [0.05, 0.1) is 16.4 Å². The molecule has 10 heteroatoms. The molecule has 0 amide bonds. The molecule has 3 N–H and O–H groups in total. The number of sulfone groups is 1. The second kappa shape index (κ2) is 7.37. The molecule has 1 aromatic heterocycles. The Balaban J connectivity index is 2.00. The maximum Gasteiger partial charge on any atom is 0.243 e. The number of aliphatic hydroxyl groups is 1. The van der Waals surface area contributed by atoms with E-state index in [9.17, 15) is 21.9 Å². The molecule has 0 radical (unpaired) electrons. The number of nitrogens with two attached hydrogens (primary N) is 1. The third kappa shape index (κ3) is 3.45. The zero-order valence-electron chi connectivity index (χ0n) is 13.9. The van der Waals surface area contributed by atoms with E-state index in [1.807, 2.05) is 0 Å². The molecule has 0 aliphatic carbocycles. The molecule has 1 aliphatic rings. The molecule has 1 aliphatic heterocycles. The number of thiophene rings is 1. The van der Waals surface area contributed by atoms with Crippen LogP contribution in [0.15, 0.2) is 50.4 Å². The van der Waals surface area contributed by atoms with Gasteiger partial charge in [-0.05, 0) is 43.2 Å². The summed E-state index contributed by atoms with van der Waals surface area (Å²) in [6, 6.07) is 8.01. The predicted octanol–water partition coefficient (Wildman–Crippen LogP) is 1.18. The van der Waals surface area contributed by atoms with E-state index in [-0.39, 0.29) is 27.2 Å². The van der Waals surface area contributed by atoms with Crippen LogP contribution in [-0.2, 0) is 26.4 Å². The van der Waals surface area contributed by atoms with E-state index in [0.717, 1.165) is 16.2 Å². The van der Waals surface area contributed by atoms with Gasteiger partial charge in [-0.25, -0.2) is 16.8 Å². The molecule has 2 aromatic rings. The topological polar surface area (TPSA) is 118 Å². The van der Waals surface area contributed by atoms with Crippen molar-refractivity contribution in [2.75, 3.05) is 13.2 Å². The summed E-state index contributed by atoms with van der Waals surface area (Å²) in [4.78, 5) is 0.563. The Morgan fingerprint density at radius 2 is 1.88 bits per heavy atom. The summed E-state index contributed by atoms with van der Waals surface area (Å²) in [7, 11) is -7.70. The molecular formula is C16H20N2O5S3. The Kier molecular flexibility index (Phi) is 5.52. The molecule has 142 valence electrons. The summed E-state index contributed by atoms with van der Waals surface area (Å²) in [5, 5.41) is 9.39. The molecule has 1 aromatic carbocycles. The van der Waals surface area contributed by atoms with Gasteiger partial charge >= 0.3 is 0 Å². The van der Waals surface area contributed by atoms with Crippen LogP contribution in [0, 0.1) is 0 Å². The summed E-state index contributed by atoms with van der Waals surface area (Å²) < 4.78 is 52.7. The number of hydrogen-bond acceptors (Lipinski definition) is 7. The molecule has 0 spiro atoms. The number of aliphatic hydroxyl groups excluding tert-OH is 1. The summed E-state index contributed by atoms with van der Waals surface area (Å²) in [5.74, 6) is 0. The summed E-state index contributed by atoms with van der Waals surface area (Å²) in [5.41, 5.74) is 5.53. The fourth-order valence-corrected chi connectivity index (χ4v) is 7.46. The van der Waals surface area contributed by atoms with E-state index in [2.05, 4.69) is 0 Å². The molecule has 1 fully saturated rings. The molecule has 26 heavy (non-hydrogen) atoms. The van der Waals surface area contributed by atoms with Gasteiger partial charge in [-0.3, -0.25) is 0 Å². The van der Waals surface area contributed by atoms with Gasteiger partial charge in [0, 0.05) is 24.0 Å². The Bertz CT molecular complexity index is 998. The van der Waals surface area contributed by atoms with Crippen LogP contribution in [0.4, 0.5) is 0 Å². The highest BCUT2D eigenvalue weighted by atomic mass is 32.2. The van der Waals surface area contributed by atoms with Gasteiger partial charge in [-0.2, -0.15) is 4.31 Å². The van der Waals surface area contributed by atoms with Gasteiger partial charge in [0.25, 0.3) is 0 Å². The third-order valence-electron chi connectivity index (χ3n) is 4.36. The van der Waals surface area contributed by atoms with Crippen molar-refractivity contribution < 1.29 is 21.9 Å². The lowest BCUT2D eigenvalue weighted by Gasteiger charge is -2.22. The van der Waals surface area contributed by atoms with Gasteiger partial charge in [0.15, 0.2) is 0 Å². The molecule has 2 heterocycles. The van der Waals surface area contributed by atoms with E-state index in [4.69, 9.17) is 5.73 Å². The van der Waals surface area contributed by atoms with Gasteiger partial charge in [0.1, 0.15) is 4.21 Å². The Hall–Kier alpha value is -1.30. The second-order valence-corrected chi connectivity index (χ2v) is 11.2. The molecule has 1 unspecified atom stereocenters. The number of sulfonamides is 1. The first kappa shape index (κ1) is 19.5. The van der Waals surface area contributed by atoms with Crippen LogP contribution < -0.4 is 5.73 Å². The predicted molar refractivity (Wildman–Crippen MR) is 98.1 cm³/mol. The normalized spacial score (nSPS) is 19.1. The number of benzene rings is 1. The first-order chi connectivity index (χ1) is 12.3. The molecule has 1 atom stereocenters. The monoisotopic (exact) mass is 416 g/mol. The lowest BCUT2D eigenvalue weighted by atomic mass is 10.2. The average molecular weight is 417 g/mol. The zero-order chi connectivity index (χ0) is 18.9. The highest BCUT2D eigenvalue weighted by Crippen LogP contribution is 2.31. The van der Waals surface area contributed by atoms with Crippen LogP contribution in [0.1, 0.15) is 17.7 Å². The third-order valence-corrected chi connectivity index (χ3v) is 9.66. The minimum Gasteiger partial charge on any atom is -0.395 e. The highest BCUT2D eigenvalue weighted by molar-refractivity contribution is 7.93. The van der Waals surface area contributed by atoms with E-state index in [1.54, 1.807) is 6.07 Å². The molecule has 3 rings (SSSR count). The van der Waals surface area contributed by atoms with Crippen molar-refractivity contribution in [3.8, 4) is 0 Å². The van der Waals surface area contributed by atoms with Crippen LogP contribution in [0.2, 0.25) is 0 Å². The smallest absolute Gasteiger partial charge is 0.243 e. The van der Waals surface area contributed by atoms with Crippen LogP contribution in [0.3, 0.4) is 0 Å². The summed E-state index contributed by atoms with van der Waals surface area (Å²) in [6.07, 6.45) is 1.25. The molecule has 7 nitrogen and oxygen atoms in total. The minimum absolute atomic E-state index is 0.0799. The second-order valence-electron chi connectivity index (χ2n) is 6.00. The van der Waals surface area contributed by atoms with Crippen molar-refractivity contribution >= 4 is 31.2 Å². The largest absolute Gasteiger partial charge is 0.395 e. The molecule has 0 saturated carbocycles.